The Morgan fingerprint density at radius 3 is 2.47 bits per heavy atom. The van der Waals surface area contributed by atoms with Gasteiger partial charge in [-0.1, -0.05) is 48.5 Å². The SMILES string of the molecule is CCOC(=O)CC(=O)Nc1ccc(C)c2c1cc(C)n2Cc1ccc(O)c(CCc2ccccc2)c1. The van der Waals surface area contributed by atoms with Crippen molar-refractivity contribution in [1.29, 1.82) is 0 Å². The Kier molecular flexibility index (Phi) is 7.74. The summed E-state index contributed by atoms with van der Waals surface area (Å²) in [4.78, 5) is 24.1. The third kappa shape index (κ3) is 5.77. The number of fused-ring (bicyclic) bond motifs is 1. The van der Waals surface area contributed by atoms with Crippen LogP contribution in [0, 0.1) is 13.8 Å². The number of phenolic OH excluding ortho intramolecular Hbond substituents is 1. The van der Waals surface area contributed by atoms with Crippen molar-refractivity contribution in [3.8, 4) is 5.75 Å². The topological polar surface area (TPSA) is 80.6 Å². The van der Waals surface area contributed by atoms with E-state index in [1.807, 2.05) is 50.2 Å². The molecule has 0 aliphatic carbocycles. The van der Waals surface area contributed by atoms with Crippen LogP contribution in [0.4, 0.5) is 5.69 Å². The lowest BCUT2D eigenvalue weighted by molar-refractivity contribution is -0.145. The minimum atomic E-state index is -0.539. The van der Waals surface area contributed by atoms with Crippen LogP contribution in [0.3, 0.4) is 0 Å². The molecule has 2 N–H and O–H groups in total. The number of carbonyl (C=O) groups excluding carboxylic acids is 2. The van der Waals surface area contributed by atoms with Gasteiger partial charge in [0.1, 0.15) is 12.2 Å². The average molecular weight is 485 g/mol. The zero-order valence-corrected chi connectivity index (χ0v) is 21.0. The molecule has 0 atom stereocenters. The fraction of sp³-hybridized carbons (Fsp3) is 0.267. The molecule has 36 heavy (non-hydrogen) atoms. The monoisotopic (exact) mass is 484 g/mol. The molecule has 0 aliphatic heterocycles. The maximum Gasteiger partial charge on any atom is 0.315 e. The highest BCUT2D eigenvalue weighted by atomic mass is 16.5. The molecule has 1 heterocycles. The molecule has 0 unspecified atom stereocenters. The number of esters is 1. The molecule has 0 saturated carbocycles. The summed E-state index contributed by atoms with van der Waals surface area (Å²) < 4.78 is 7.11. The number of benzene rings is 3. The first-order valence-electron chi connectivity index (χ1n) is 12.2. The molecule has 0 spiro atoms. The van der Waals surface area contributed by atoms with Gasteiger partial charge in [-0.25, -0.2) is 0 Å². The first-order chi connectivity index (χ1) is 17.4. The van der Waals surface area contributed by atoms with Gasteiger partial charge in [0.15, 0.2) is 0 Å². The number of nitrogens with zero attached hydrogens (tertiary/aromatic N) is 1. The molecule has 0 fully saturated rings. The van der Waals surface area contributed by atoms with Crippen LogP contribution in [0.5, 0.6) is 5.75 Å². The summed E-state index contributed by atoms with van der Waals surface area (Å²) in [5, 5.41) is 14.2. The molecule has 1 amide bonds. The largest absolute Gasteiger partial charge is 0.508 e. The van der Waals surface area contributed by atoms with Gasteiger partial charge in [0, 0.05) is 17.6 Å². The fourth-order valence-electron chi connectivity index (χ4n) is 4.58. The number of carbonyl (C=O) groups is 2. The highest BCUT2D eigenvalue weighted by Crippen LogP contribution is 2.31. The van der Waals surface area contributed by atoms with Crippen LogP contribution < -0.4 is 5.32 Å². The number of hydrogen-bond donors (Lipinski definition) is 2. The molecule has 6 nitrogen and oxygen atoms in total. The standard InChI is InChI=1S/C30H32N2O4/c1-4-36-29(35)18-28(34)31-26-14-10-20(2)30-25(26)16-21(3)32(30)19-23-12-15-27(33)24(17-23)13-11-22-8-6-5-7-9-22/h5-10,12,14-17,33H,4,11,13,18-19H2,1-3H3,(H,31,34). The Hall–Kier alpha value is -4.06. The van der Waals surface area contributed by atoms with E-state index in [-0.39, 0.29) is 13.0 Å². The molecule has 0 aliphatic rings. The number of aromatic nitrogens is 1. The van der Waals surface area contributed by atoms with E-state index in [0.717, 1.165) is 46.1 Å². The highest BCUT2D eigenvalue weighted by Gasteiger charge is 2.16. The van der Waals surface area contributed by atoms with Crippen molar-refractivity contribution in [3.63, 3.8) is 0 Å². The highest BCUT2D eigenvalue weighted by molar-refractivity contribution is 6.07. The number of aromatic hydroxyl groups is 1. The van der Waals surface area contributed by atoms with Gasteiger partial charge in [0.25, 0.3) is 0 Å². The quantitative estimate of drug-likeness (QED) is 0.236. The number of ether oxygens (including phenoxy) is 1. The van der Waals surface area contributed by atoms with Crippen molar-refractivity contribution < 1.29 is 19.4 Å². The number of hydrogen-bond acceptors (Lipinski definition) is 4. The predicted molar refractivity (Wildman–Crippen MR) is 142 cm³/mol. The van der Waals surface area contributed by atoms with Gasteiger partial charge < -0.3 is 19.7 Å². The van der Waals surface area contributed by atoms with Crippen LogP contribution in [0.25, 0.3) is 10.9 Å². The molecule has 186 valence electrons. The number of phenols is 1. The maximum absolute atomic E-state index is 12.4. The second-order valence-corrected chi connectivity index (χ2v) is 9.04. The second-order valence-electron chi connectivity index (χ2n) is 9.04. The van der Waals surface area contributed by atoms with Crippen LogP contribution >= 0.6 is 0 Å². The third-order valence-electron chi connectivity index (χ3n) is 6.36. The molecule has 4 rings (SSSR count). The van der Waals surface area contributed by atoms with E-state index in [1.54, 1.807) is 13.0 Å². The van der Waals surface area contributed by atoms with E-state index in [1.165, 1.54) is 5.56 Å². The van der Waals surface area contributed by atoms with Crippen LogP contribution in [0.15, 0.2) is 66.7 Å². The van der Waals surface area contributed by atoms with E-state index in [2.05, 4.69) is 34.1 Å². The molecule has 6 heteroatoms. The summed E-state index contributed by atoms with van der Waals surface area (Å²) in [5.41, 5.74) is 7.09. The predicted octanol–water partition coefficient (Wildman–Crippen LogP) is 5.69. The van der Waals surface area contributed by atoms with E-state index in [9.17, 15) is 14.7 Å². The van der Waals surface area contributed by atoms with Crippen LogP contribution in [-0.4, -0.2) is 28.2 Å². The van der Waals surface area contributed by atoms with E-state index < -0.39 is 11.9 Å². The summed E-state index contributed by atoms with van der Waals surface area (Å²) in [6.07, 6.45) is 1.30. The second kappa shape index (κ2) is 11.1. The Morgan fingerprint density at radius 1 is 0.944 bits per heavy atom. The zero-order chi connectivity index (χ0) is 25.7. The summed E-state index contributed by atoms with van der Waals surface area (Å²) in [5.74, 6) is -0.625. The van der Waals surface area contributed by atoms with Crippen LogP contribution in [0.1, 0.15) is 41.3 Å². The molecule has 0 radical (unpaired) electrons. The van der Waals surface area contributed by atoms with Gasteiger partial charge in [0.2, 0.25) is 5.91 Å². The van der Waals surface area contributed by atoms with Crippen molar-refractivity contribution >= 4 is 28.5 Å². The van der Waals surface area contributed by atoms with Crippen molar-refractivity contribution in [2.45, 2.75) is 46.6 Å². The molecule has 1 aromatic heterocycles. The van der Waals surface area contributed by atoms with Crippen molar-refractivity contribution in [2.24, 2.45) is 0 Å². The van der Waals surface area contributed by atoms with Crippen molar-refractivity contribution in [2.75, 3.05) is 11.9 Å². The molecule has 4 aromatic rings. The average Bonchev–Trinajstić information content (AvgIpc) is 3.18. The first-order valence-corrected chi connectivity index (χ1v) is 12.2. The third-order valence-corrected chi connectivity index (χ3v) is 6.36. The molecule has 0 saturated heterocycles. The molecular weight excluding hydrogens is 452 g/mol. The summed E-state index contributed by atoms with van der Waals surface area (Å²) in [7, 11) is 0. The number of amides is 1. The lowest BCUT2D eigenvalue weighted by atomic mass is 10.0. The van der Waals surface area contributed by atoms with Gasteiger partial charge >= 0.3 is 5.97 Å². The normalized spacial score (nSPS) is 11.0. The first kappa shape index (κ1) is 25.0. The Morgan fingerprint density at radius 2 is 1.72 bits per heavy atom. The summed E-state index contributed by atoms with van der Waals surface area (Å²) in [6.45, 7) is 6.68. The fourth-order valence-corrected chi connectivity index (χ4v) is 4.58. The van der Waals surface area contributed by atoms with Crippen LogP contribution in [-0.2, 0) is 33.7 Å². The van der Waals surface area contributed by atoms with Gasteiger partial charge in [-0.15, -0.1) is 0 Å². The van der Waals surface area contributed by atoms with E-state index in [4.69, 9.17) is 4.74 Å². The van der Waals surface area contributed by atoms with Crippen LogP contribution in [0.2, 0.25) is 0 Å². The van der Waals surface area contributed by atoms with E-state index in [0.29, 0.717) is 18.0 Å². The number of rotatable bonds is 9. The van der Waals surface area contributed by atoms with Crippen molar-refractivity contribution in [3.05, 3.63) is 94.7 Å². The van der Waals surface area contributed by atoms with Gasteiger partial charge in [-0.2, -0.15) is 0 Å². The Labute approximate surface area is 211 Å². The van der Waals surface area contributed by atoms with Gasteiger partial charge in [0.05, 0.1) is 17.8 Å². The minimum Gasteiger partial charge on any atom is -0.508 e. The lowest BCUT2D eigenvalue weighted by Gasteiger charge is -2.14. The van der Waals surface area contributed by atoms with Gasteiger partial charge in [-0.3, -0.25) is 9.59 Å². The Balaban J connectivity index is 1.58. The number of aryl methyl sites for hydroxylation is 4. The molecule has 3 aromatic carbocycles. The van der Waals surface area contributed by atoms with Crippen molar-refractivity contribution in [1.82, 2.24) is 4.57 Å². The van der Waals surface area contributed by atoms with E-state index >= 15 is 0 Å². The lowest BCUT2D eigenvalue weighted by Crippen LogP contribution is -2.18. The smallest absolute Gasteiger partial charge is 0.315 e. The minimum absolute atomic E-state index is 0.244. The maximum atomic E-state index is 12.4. The number of nitrogens with one attached hydrogen (secondary N) is 1. The Bertz CT molecular complexity index is 1390. The van der Waals surface area contributed by atoms with Gasteiger partial charge in [-0.05, 0) is 74.1 Å². The summed E-state index contributed by atoms with van der Waals surface area (Å²) >= 11 is 0. The molecular formula is C30H32N2O4. The molecule has 0 bridgehead atoms. The number of anilines is 1. The zero-order valence-electron chi connectivity index (χ0n) is 21.0. The summed E-state index contributed by atoms with van der Waals surface area (Å²) in [6, 6.07) is 21.9.